The highest BCUT2D eigenvalue weighted by atomic mass is 19.4. The lowest BCUT2D eigenvalue weighted by molar-refractivity contribution is -0.138. The topological polar surface area (TPSA) is 51.1 Å². The normalized spacial score (nSPS) is 11.3. The Bertz CT molecular complexity index is 749. The van der Waals surface area contributed by atoms with Crippen molar-refractivity contribution in [3.8, 4) is 0 Å². The Morgan fingerprint density at radius 2 is 1.83 bits per heavy atom. The third-order valence-electron chi connectivity index (χ3n) is 3.24. The fourth-order valence-corrected chi connectivity index (χ4v) is 2.01. The van der Waals surface area contributed by atoms with Gasteiger partial charge in [-0.1, -0.05) is 17.7 Å². The van der Waals surface area contributed by atoms with Crippen molar-refractivity contribution in [2.24, 2.45) is 0 Å². The lowest BCUT2D eigenvalue weighted by Crippen LogP contribution is -2.29. The van der Waals surface area contributed by atoms with Crippen molar-refractivity contribution in [2.75, 3.05) is 5.32 Å². The van der Waals surface area contributed by atoms with E-state index in [1.54, 1.807) is 12.1 Å². The first kappa shape index (κ1) is 16.8. The molecule has 0 saturated carbocycles. The molecule has 0 aliphatic rings. The molecule has 7 heteroatoms. The standard InChI is InChI=1S/C16H15F3N2O2/c1-11-4-6-12(7-5-11)20-14(22)8-10-21-9-2-3-13(15(21)23)16(17,18)19/h2-7,9H,8,10H2,1H3,(H,20,22). The number of carbonyl (C=O) groups is 1. The van der Waals surface area contributed by atoms with Crippen LogP contribution in [0.2, 0.25) is 0 Å². The van der Waals surface area contributed by atoms with Crippen molar-refractivity contribution >= 4 is 11.6 Å². The van der Waals surface area contributed by atoms with Crippen molar-refractivity contribution < 1.29 is 18.0 Å². The summed E-state index contributed by atoms with van der Waals surface area (Å²) in [7, 11) is 0. The van der Waals surface area contributed by atoms with Gasteiger partial charge in [-0.3, -0.25) is 9.59 Å². The minimum absolute atomic E-state index is 0.102. The molecule has 0 radical (unpaired) electrons. The van der Waals surface area contributed by atoms with Gasteiger partial charge < -0.3 is 9.88 Å². The fraction of sp³-hybridized carbons (Fsp3) is 0.250. The van der Waals surface area contributed by atoms with Crippen LogP contribution in [0, 0.1) is 6.92 Å². The largest absolute Gasteiger partial charge is 0.421 e. The molecule has 0 spiro atoms. The van der Waals surface area contributed by atoms with Gasteiger partial charge in [-0.2, -0.15) is 13.2 Å². The molecule has 0 saturated heterocycles. The summed E-state index contributed by atoms with van der Waals surface area (Å²) in [6.45, 7) is 1.78. The number of halogens is 3. The van der Waals surface area contributed by atoms with Gasteiger partial charge >= 0.3 is 6.18 Å². The number of anilines is 1. The first-order valence-electron chi connectivity index (χ1n) is 6.90. The van der Waals surface area contributed by atoms with E-state index in [2.05, 4.69) is 5.32 Å². The van der Waals surface area contributed by atoms with E-state index >= 15 is 0 Å². The van der Waals surface area contributed by atoms with Gasteiger partial charge in [-0.25, -0.2) is 0 Å². The zero-order valence-electron chi connectivity index (χ0n) is 12.4. The summed E-state index contributed by atoms with van der Waals surface area (Å²) >= 11 is 0. The second kappa shape index (κ2) is 6.68. The highest BCUT2D eigenvalue weighted by molar-refractivity contribution is 5.90. The molecular weight excluding hydrogens is 309 g/mol. The van der Waals surface area contributed by atoms with E-state index in [0.717, 1.165) is 22.3 Å². The number of benzene rings is 1. The molecule has 23 heavy (non-hydrogen) atoms. The van der Waals surface area contributed by atoms with E-state index in [4.69, 9.17) is 0 Å². The fourth-order valence-electron chi connectivity index (χ4n) is 2.01. The van der Waals surface area contributed by atoms with Gasteiger partial charge in [-0.05, 0) is 31.2 Å². The molecule has 2 rings (SSSR count). The van der Waals surface area contributed by atoms with Crippen molar-refractivity contribution in [1.29, 1.82) is 0 Å². The van der Waals surface area contributed by atoms with Crippen molar-refractivity contribution in [3.63, 3.8) is 0 Å². The molecule has 0 fully saturated rings. The molecule has 1 aromatic carbocycles. The number of nitrogens with zero attached hydrogens (tertiary/aromatic N) is 1. The molecule has 122 valence electrons. The first-order valence-corrected chi connectivity index (χ1v) is 6.90. The number of aromatic nitrogens is 1. The van der Waals surface area contributed by atoms with Crippen LogP contribution in [0.15, 0.2) is 47.4 Å². The zero-order valence-corrected chi connectivity index (χ0v) is 12.4. The summed E-state index contributed by atoms with van der Waals surface area (Å²) in [5, 5.41) is 2.63. The first-order chi connectivity index (χ1) is 10.8. The van der Waals surface area contributed by atoms with E-state index in [9.17, 15) is 22.8 Å². The molecule has 1 amide bonds. The molecular formula is C16H15F3N2O2. The number of aryl methyl sites for hydroxylation is 2. The number of nitrogens with one attached hydrogen (secondary N) is 1. The number of hydrogen-bond acceptors (Lipinski definition) is 2. The second-order valence-corrected chi connectivity index (χ2v) is 5.08. The van der Waals surface area contributed by atoms with Gasteiger partial charge in [0.1, 0.15) is 5.56 Å². The number of hydrogen-bond donors (Lipinski definition) is 1. The van der Waals surface area contributed by atoms with E-state index in [1.807, 2.05) is 19.1 Å². The summed E-state index contributed by atoms with van der Waals surface area (Å²) in [6, 6.07) is 8.97. The summed E-state index contributed by atoms with van der Waals surface area (Å²) in [5.74, 6) is -0.377. The van der Waals surface area contributed by atoms with E-state index in [0.29, 0.717) is 5.69 Å². The van der Waals surface area contributed by atoms with Crippen LogP contribution in [-0.4, -0.2) is 10.5 Å². The number of amides is 1. The van der Waals surface area contributed by atoms with E-state index < -0.39 is 17.3 Å². The minimum atomic E-state index is -4.70. The number of rotatable bonds is 4. The molecule has 0 bridgehead atoms. The monoisotopic (exact) mass is 324 g/mol. The average molecular weight is 324 g/mol. The Labute approximate surface area is 130 Å². The molecule has 0 unspecified atom stereocenters. The van der Waals surface area contributed by atoms with Crippen molar-refractivity contribution in [2.45, 2.75) is 26.1 Å². The van der Waals surface area contributed by atoms with Gasteiger partial charge in [-0.15, -0.1) is 0 Å². The minimum Gasteiger partial charge on any atom is -0.326 e. The maximum atomic E-state index is 12.7. The van der Waals surface area contributed by atoms with Crippen molar-refractivity contribution in [3.05, 3.63) is 64.1 Å². The second-order valence-electron chi connectivity index (χ2n) is 5.08. The lowest BCUT2D eigenvalue weighted by Gasteiger charge is -2.10. The number of alkyl halides is 3. The number of pyridine rings is 1. The summed E-state index contributed by atoms with van der Waals surface area (Å²) < 4.78 is 38.9. The highest BCUT2D eigenvalue weighted by Gasteiger charge is 2.34. The Kier molecular flexibility index (Phi) is 4.88. The summed E-state index contributed by atoms with van der Waals surface area (Å²) in [5.41, 5.74) is -0.752. The summed E-state index contributed by atoms with van der Waals surface area (Å²) in [6.07, 6.45) is -3.57. The molecule has 1 aromatic heterocycles. The predicted molar refractivity (Wildman–Crippen MR) is 80.1 cm³/mol. The van der Waals surface area contributed by atoms with E-state index in [1.165, 1.54) is 6.20 Å². The molecule has 2 aromatic rings. The van der Waals surface area contributed by atoms with Gasteiger partial charge in [0.25, 0.3) is 5.56 Å². The Balaban J connectivity index is 2.02. The third-order valence-corrected chi connectivity index (χ3v) is 3.24. The average Bonchev–Trinajstić information content (AvgIpc) is 2.47. The molecule has 0 aliphatic carbocycles. The van der Waals surface area contributed by atoms with Crippen LogP contribution < -0.4 is 10.9 Å². The van der Waals surface area contributed by atoms with Gasteiger partial charge in [0, 0.05) is 24.8 Å². The van der Waals surface area contributed by atoms with Crippen LogP contribution >= 0.6 is 0 Å². The van der Waals surface area contributed by atoms with Gasteiger partial charge in [0.15, 0.2) is 0 Å². The summed E-state index contributed by atoms with van der Waals surface area (Å²) in [4.78, 5) is 23.6. The van der Waals surface area contributed by atoms with Crippen LogP contribution in [0.5, 0.6) is 0 Å². The quantitative estimate of drug-likeness (QED) is 0.939. The Hall–Kier alpha value is -2.57. The third kappa shape index (κ3) is 4.45. The zero-order chi connectivity index (χ0) is 17.0. The van der Waals surface area contributed by atoms with Crippen molar-refractivity contribution in [1.82, 2.24) is 4.57 Å². The van der Waals surface area contributed by atoms with Crippen LogP contribution in [0.4, 0.5) is 18.9 Å². The van der Waals surface area contributed by atoms with Crippen LogP contribution in [0.3, 0.4) is 0 Å². The Morgan fingerprint density at radius 1 is 1.17 bits per heavy atom. The predicted octanol–water partition coefficient (Wildman–Crippen LogP) is 3.20. The molecule has 0 atom stereocenters. The maximum absolute atomic E-state index is 12.7. The molecule has 0 aliphatic heterocycles. The number of carbonyl (C=O) groups excluding carboxylic acids is 1. The highest BCUT2D eigenvalue weighted by Crippen LogP contribution is 2.25. The van der Waals surface area contributed by atoms with Gasteiger partial charge in [0.05, 0.1) is 0 Å². The molecule has 1 heterocycles. The Morgan fingerprint density at radius 3 is 2.43 bits per heavy atom. The SMILES string of the molecule is Cc1ccc(NC(=O)CCn2cccc(C(F)(F)F)c2=O)cc1. The van der Waals surface area contributed by atoms with Crippen LogP contribution in [0.25, 0.3) is 0 Å². The van der Waals surface area contributed by atoms with Crippen LogP contribution in [0.1, 0.15) is 17.5 Å². The van der Waals surface area contributed by atoms with E-state index in [-0.39, 0.29) is 18.9 Å². The smallest absolute Gasteiger partial charge is 0.326 e. The maximum Gasteiger partial charge on any atom is 0.421 e. The van der Waals surface area contributed by atoms with Crippen LogP contribution in [-0.2, 0) is 17.5 Å². The lowest BCUT2D eigenvalue weighted by atomic mass is 10.2. The molecule has 4 nitrogen and oxygen atoms in total. The molecule has 1 N–H and O–H groups in total. The van der Waals surface area contributed by atoms with Gasteiger partial charge in [0.2, 0.25) is 5.91 Å².